The van der Waals surface area contributed by atoms with E-state index in [0.29, 0.717) is 0 Å². The van der Waals surface area contributed by atoms with E-state index in [0.717, 1.165) is 11.8 Å². The fourth-order valence-corrected chi connectivity index (χ4v) is 1.34. The minimum Gasteiger partial charge on any atom is -0.261 e. The number of rotatable bonds is 4. The first-order valence-corrected chi connectivity index (χ1v) is 5.01. The number of aryl methyl sites for hydroxylation is 1. The zero-order valence-electron chi connectivity index (χ0n) is 6.46. The van der Waals surface area contributed by atoms with Crippen LogP contribution in [0.5, 0.6) is 0 Å². The number of hydrogen-bond donors (Lipinski definition) is 0. The highest BCUT2D eigenvalue weighted by Crippen LogP contribution is 2.02. The second kappa shape index (κ2) is 5.30. The maximum absolute atomic E-state index is 4.24. The molecule has 0 saturated carbocycles. The van der Waals surface area contributed by atoms with Gasteiger partial charge in [0.1, 0.15) is 0 Å². The van der Waals surface area contributed by atoms with Gasteiger partial charge in [0.15, 0.2) is 0 Å². The number of nitrogens with zero attached hydrogens (tertiary/aromatic N) is 1. The molecule has 0 aromatic carbocycles. The van der Waals surface area contributed by atoms with Gasteiger partial charge in [-0.2, -0.15) is 0 Å². The van der Waals surface area contributed by atoms with E-state index >= 15 is 0 Å². The Balaban J connectivity index is 2.28. The highest BCUT2D eigenvalue weighted by atomic mass is 79.9. The molecule has 1 aromatic heterocycles. The molecule has 0 radical (unpaired) electrons. The molecule has 0 saturated heterocycles. The van der Waals surface area contributed by atoms with Crippen molar-refractivity contribution < 1.29 is 0 Å². The molecule has 1 nitrogen and oxygen atoms in total. The van der Waals surface area contributed by atoms with Crippen LogP contribution in [0.1, 0.15) is 18.5 Å². The molecule has 60 valence electrons. The Labute approximate surface area is 76.0 Å². The van der Waals surface area contributed by atoms with Crippen LogP contribution in [-0.2, 0) is 6.42 Å². The van der Waals surface area contributed by atoms with Crippen molar-refractivity contribution in [2.45, 2.75) is 19.3 Å². The Morgan fingerprint density at radius 3 is 2.82 bits per heavy atom. The number of unbranched alkanes of at least 4 members (excludes halogenated alkanes) is 1. The van der Waals surface area contributed by atoms with Crippen molar-refractivity contribution in [3.8, 4) is 0 Å². The summed E-state index contributed by atoms with van der Waals surface area (Å²) in [5, 5.41) is 1.10. The molecule has 0 atom stereocenters. The fourth-order valence-electron chi connectivity index (χ4n) is 0.947. The van der Waals surface area contributed by atoms with Crippen LogP contribution in [0.2, 0.25) is 0 Å². The minimum absolute atomic E-state index is 1.10. The molecule has 0 aliphatic heterocycles. The summed E-state index contributed by atoms with van der Waals surface area (Å²) in [4.78, 5) is 4.24. The van der Waals surface area contributed by atoms with Gasteiger partial charge in [-0.3, -0.25) is 4.98 Å². The first-order valence-electron chi connectivity index (χ1n) is 3.89. The van der Waals surface area contributed by atoms with Crippen molar-refractivity contribution in [2.24, 2.45) is 0 Å². The summed E-state index contributed by atoms with van der Waals surface area (Å²) < 4.78 is 0. The van der Waals surface area contributed by atoms with Gasteiger partial charge in [-0.25, -0.2) is 0 Å². The third-order valence-electron chi connectivity index (χ3n) is 1.54. The van der Waals surface area contributed by atoms with Crippen molar-refractivity contribution in [2.75, 3.05) is 5.33 Å². The molecule has 0 bridgehead atoms. The van der Waals surface area contributed by atoms with Crippen LogP contribution in [0.4, 0.5) is 0 Å². The topological polar surface area (TPSA) is 12.9 Å². The van der Waals surface area contributed by atoms with E-state index < -0.39 is 0 Å². The van der Waals surface area contributed by atoms with Crippen LogP contribution in [0.3, 0.4) is 0 Å². The Kier molecular flexibility index (Phi) is 4.21. The summed E-state index contributed by atoms with van der Waals surface area (Å²) in [5.74, 6) is 0. The molecule has 0 unspecified atom stereocenters. The molecule has 2 heteroatoms. The highest BCUT2D eigenvalue weighted by molar-refractivity contribution is 9.09. The summed E-state index contributed by atoms with van der Waals surface area (Å²) in [6.07, 6.45) is 5.41. The van der Waals surface area contributed by atoms with Crippen LogP contribution >= 0.6 is 15.9 Å². The molecule has 1 heterocycles. The van der Waals surface area contributed by atoms with Crippen molar-refractivity contribution in [3.63, 3.8) is 0 Å². The molecule has 1 aromatic rings. The standard InChI is InChI=1S/C9H12BrN/c10-7-3-1-5-9-6-2-4-8-11-9/h2,4,6,8H,1,3,5,7H2. The van der Waals surface area contributed by atoms with Crippen LogP contribution in [0.15, 0.2) is 24.4 Å². The molecule has 0 aliphatic rings. The molecule has 11 heavy (non-hydrogen) atoms. The summed E-state index contributed by atoms with van der Waals surface area (Å²) >= 11 is 3.40. The van der Waals surface area contributed by atoms with E-state index in [1.807, 2.05) is 18.3 Å². The smallest absolute Gasteiger partial charge is 0.0403 e. The highest BCUT2D eigenvalue weighted by Gasteiger charge is 1.91. The SMILES string of the molecule is BrCCCCc1ccccn1. The molecule has 0 aliphatic carbocycles. The van der Waals surface area contributed by atoms with Gasteiger partial charge in [0.2, 0.25) is 0 Å². The molecule has 0 fully saturated rings. The molecule has 0 N–H and O–H groups in total. The van der Waals surface area contributed by atoms with E-state index in [9.17, 15) is 0 Å². The lowest BCUT2D eigenvalue weighted by Gasteiger charge is -1.96. The first-order chi connectivity index (χ1) is 5.43. The van der Waals surface area contributed by atoms with Gasteiger partial charge in [-0.05, 0) is 31.4 Å². The first kappa shape index (κ1) is 8.72. The Morgan fingerprint density at radius 2 is 2.18 bits per heavy atom. The molecule has 0 spiro atoms. The van der Waals surface area contributed by atoms with E-state index in [1.54, 1.807) is 0 Å². The molecular formula is C9H12BrN. The van der Waals surface area contributed by atoms with E-state index in [2.05, 4.69) is 27.0 Å². The van der Waals surface area contributed by atoms with Gasteiger partial charge in [0.25, 0.3) is 0 Å². The number of halogens is 1. The van der Waals surface area contributed by atoms with Gasteiger partial charge in [-0.1, -0.05) is 22.0 Å². The lowest BCUT2D eigenvalue weighted by Crippen LogP contribution is -1.88. The second-order valence-electron chi connectivity index (χ2n) is 2.47. The summed E-state index contributed by atoms with van der Waals surface area (Å²) in [5.41, 5.74) is 1.20. The van der Waals surface area contributed by atoms with Crippen LogP contribution in [0, 0.1) is 0 Å². The maximum atomic E-state index is 4.24. The van der Waals surface area contributed by atoms with Gasteiger partial charge in [0, 0.05) is 17.2 Å². The largest absolute Gasteiger partial charge is 0.261 e. The lowest BCUT2D eigenvalue weighted by molar-refractivity contribution is 0.786. The van der Waals surface area contributed by atoms with E-state index in [4.69, 9.17) is 0 Å². The monoisotopic (exact) mass is 213 g/mol. The number of aromatic nitrogens is 1. The summed E-state index contributed by atoms with van der Waals surface area (Å²) in [6.45, 7) is 0. The van der Waals surface area contributed by atoms with E-state index in [1.165, 1.54) is 18.5 Å². The van der Waals surface area contributed by atoms with Crippen LogP contribution in [-0.4, -0.2) is 10.3 Å². The lowest BCUT2D eigenvalue weighted by atomic mass is 10.2. The Hall–Kier alpha value is -0.370. The maximum Gasteiger partial charge on any atom is 0.0403 e. The third kappa shape index (κ3) is 3.51. The van der Waals surface area contributed by atoms with Crippen molar-refractivity contribution in [1.29, 1.82) is 0 Å². The minimum atomic E-state index is 1.10. The predicted octanol–water partition coefficient (Wildman–Crippen LogP) is 2.80. The van der Waals surface area contributed by atoms with Crippen molar-refractivity contribution in [1.82, 2.24) is 4.98 Å². The van der Waals surface area contributed by atoms with Crippen molar-refractivity contribution >= 4 is 15.9 Å². The quantitative estimate of drug-likeness (QED) is 0.554. The number of alkyl halides is 1. The Morgan fingerprint density at radius 1 is 1.27 bits per heavy atom. The van der Waals surface area contributed by atoms with Crippen LogP contribution < -0.4 is 0 Å². The van der Waals surface area contributed by atoms with Gasteiger partial charge in [-0.15, -0.1) is 0 Å². The molecular weight excluding hydrogens is 202 g/mol. The molecule has 1 rings (SSSR count). The Bertz CT molecular complexity index is 186. The van der Waals surface area contributed by atoms with Crippen LogP contribution in [0.25, 0.3) is 0 Å². The zero-order chi connectivity index (χ0) is 7.94. The van der Waals surface area contributed by atoms with Gasteiger partial charge < -0.3 is 0 Å². The van der Waals surface area contributed by atoms with Gasteiger partial charge >= 0.3 is 0 Å². The van der Waals surface area contributed by atoms with Gasteiger partial charge in [0.05, 0.1) is 0 Å². The zero-order valence-corrected chi connectivity index (χ0v) is 8.05. The van der Waals surface area contributed by atoms with Crippen molar-refractivity contribution in [3.05, 3.63) is 30.1 Å². The second-order valence-corrected chi connectivity index (χ2v) is 3.26. The average Bonchev–Trinajstić information content (AvgIpc) is 2.07. The fraction of sp³-hybridized carbons (Fsp3) is 0.444. The predicted molar refractivity (Wildman–Crippen MR) is 51.0 cm³/mol. The van der Waals surface area contributed by atoms with E-state index in [-0.39, 0.29) is 0 Å². The third-order valence-corrected chi connectivity index (χ3v) is 2.10. The molecule has 0 amide bonds. The summed E-state index contributed by atoms with van der Waals surface area (Å²) in [6, 6.07) is 6.07. The average molecular weight is 214 g/mol. The number of pyridine rings is 1. The summed E-state index contributed by atoms with van der Waals surface area (Å²) in [7, 11) is 0. The number of hydrogen-bond acceptors (Lipinski definition) is 1. The normalized spacial score (nSPS) is 9.91.